The maximum Gasteiger partial charge on any atom is 0.157 e. The van der Waals surface area contributed by atoms with Crippen LogP contribution < -0.4 is 10.2 Å². The van der Waals surface area contributed by atoms with Crippen LogP contribution in [0.25, 0.3) is 11.0 Å². The van der Waals surface area contributed by atoms with Crippen molar-refractivity contribution < 1.29 is 4.74 Å². The van der Waals surface area contributed by atoms with E-state index in [1.807, 2.05) is 30.2 Å². The van der Waals surface area contributed by atoms with Crippen LogP contribution in [-0.2, 0) is 11.8 Å². The first-order valence-electron chi connectivity index (χ1n) is 7.12. The number of imidazole rings is 1. The third-order valence-corrected chi connectivity index (χ3v) is 3.75. The zero-order chi connectivity index (χ0) is 13.9. The monoisotopic (exact) mass is 275 g/mol. The molecular formula is C14H21N5O. The number of hydrogen-bond acceptors (Lipinski definition) is 5. The molecule has 0 bridgehead atoms. The third-order valence-electron chi connectivity index (χ3n) is 3.75. The maximum atomic E-state index is 5.61. The molecule has 0 aliphatic carbocycles. The maximum absolute atomic E-state index is 5.61. The average Bonchev–Trinajstić information content (AvgIpc) is 2.87. The van der Waals surface area contributed by atoms with Crippen LogP contribution in [0, 0.1) is 0 Å². The Morgan fingerprint density at radius 3 is 3.20 bits per heavy atom. The summed E-state index contributed by atoms with van der Waals surface area (Å²) >= 11 is 0. The number of nitrogens with zero attached hydrogens (tertiary/aromatic N) is 4. The number of anilines is 1. The highest BCUT2D eigenvalue weighted by Crippen LogP contribution is 2.25. The third kappa shape index (κ3) is 2.36. The molecule has 0 radical (unpaired) electrons. The average molecular weight is 275 g/mol. The number of nitrogens with one attached hydrogen (secondary N) is 1. The summed E-state index contributed by atoms with van der Waals surface area (Å²) in [5.74, 6) is 0.967. The van der Waals surface area contributed by atoms with Crippen LogP contribution >= 0.6 is 0 Å². The molecule has 108 valence electrons. The van der Waals surface area contributed by atoms with Crippen molar-refractivity contribution in [1.82, 2.24) is 19.9 Å². The number of fused-ring (bicyclic) bond motifs is 1. The minimum atomic E-state index is 0.309. The van der Waals surface area contributed by atoms with Gasteiger partial charge in [0, 0.05) is 26.3 Å². The van der Waals surface area contributed by atoms with Gasteiger partial charge in [-0.25, -0.2) is 9.97 Å². The standard InChI is InChI=1S/C14H21N5O/c1-3-15-8-11-9-20-7-6-19(11)14-13-12(4-5-16-14)18(2)10-17-13/h4-5,10-11,15H,3,6-9H2,1-2H3. The lowest BCUT2D eigenvalue weighted by atomic mass is 10.2. The van der Waals surface area contributed by atoms with Gasteiger partial charge in [0.15, 0.2) is 5.82 Å². The van der Waals surface area contributed by atoms with Gasteiger partial charge in [-0.1, -0.05) is 6.92 Å². The zero-order valence-electron chi connectivity index (χ0n) is 12.0. The van der Waals surface area contributed by atoms with Crippen molar-refractivity contribution in [2.75, 3.05) is 37.7 Å². The fraction of sp³-hybridized carbons (Fsp3) is 0.571. The van der Waals surface area contributed by atoms with E-state index in [1.165, 1.54) is 0 Å². The summed E-state index contributed by atoms with van der Waals surface area (Å²) in [6.07, 6.45) is 3.70. The molecule has 2 aromatic rings. The van der Waals surface area contributed by atoms with E-state index in [4.69, 9.17) is 4.74 Å². The Morgan fingerprint density at radius 1 is 1.45 bits per heavy atom. The summed E-state index contributed by atoms with van der Waals surface area (Å²) in [6.45, 7) is 6.32. The largest absolute Gasteiger partial charge is 0.377 e. The topological polar surface area (TPSA) is 55.2 Å². The van der Waals surface area contributed by atoms with Crippen LogP contribution in [0.5, 0.6) is 0 Å². The second-order valence-electron chi connectivity index (χ2n) is 5.09. The van der Waals surface area contributed by atoms with Gasteiger partial charge in [-0.15, -0.1) is 0 Å². The molecule has 1 fully saturated rings. The van der Waals surface area contributed by atoms with Gasteiger partial charge in [0.2, 0.25) is 0 Å². The summed E-state index contributed by atoms with van der Waals surface area (Å²) in [5, 5.41) is 3.40. The van der Waals surface area contributed by atoms with Crippen molar-refractivity contribution in [2.45, 2.75) is 13.0 Å². The molecule has 1 atom stereocenters. The van der Waals surface area contributed by atoms with Gasteiger partial charge in [0.05, 0.1) is 31.1 Å². The lowest BCUT2D eigenvalue weighted by molar-refractivity contribution is 0.0936. The molecule has 6 nitrogen and oxygen atoms in total. The Balaban J connectivity index is 1.95. The lowest BCUT2D eigenvalue weighted by Gasteiger charge is -2.36. The number of hydrogen-bond donors (Lipinski definition) is 1. The lowest BCUT2D eigenvalue weighted by Crippen LogP contribution is -2.51. The van der Waals surface area contributed by atoms with Crippen LogP contribution in [0.3, 0.4) is 0 Å². The molecule has 2 aromatic heterocycles. The highest BCUT2D eigenvalue weighted by Gasteiger charge is 2.26. The molecule has 1 aliphatic rings. The van der Waals surface area contributed by atoms with Gasteiger partial charge in [-0.05, 0) is 12.6 Å². The molecule has 20 heavy (non-hydrogen) atoms. The predicted molar refractivity (Wildman–Crippen MR) is 79.0 cm³/mol. The molecule has 3 heterocycles. The Bertz CT molecular complexity index is 582. The number of ether oxygens (including phenoxy) is 1. The molecule has 3 rings (SSSR count). The smallest absolute Gasteiger partial charge is 0.157 e. The normalized spacial score (nSPS) is 19.7. The van der Waals surface area contributed by atoms with Gasteiger partial charge in [0.1, 0.15) is 5.52 Å². The Morgan fingerprint density at radius 2 is 2.35 bits per heavy atom. The van der Waals surface area contributed by atoms with Crippen molar-refractivity contribution >= 4 is 16.9 Å². The molecule has 1 aliphatic heterocycles. The number of pyridine rings is 1. The van der Waals surface area contributed by atoms with E-state index in [2.05, 4.69) is 27.1 Å². The minimum Gasteiger partial charge on any atom is -0.377 e. The first-order chi connectivity index (χ1) is 9.81. The Kier molecular flexibility index (Phi) is 3.84. The van der Waals surface area contributed by atoms with Gasteiger partial charge in [0.25, 0.3) is 0 Å². The molecule has 1 unspecified atom stereocenters. The fourth-order valence-electron chi connectivity index (χ4n) is 2.67. The number of rotatable bonds is 4. The van der Waals surface area contributed by atoms with E-state index in [1.54, 1.807) is 0 Å². The predicted octanol–water partition coefficient (Wildman–Crippen LogP) is 0.783. The van der Waals surface area contributed by atoms with Crippen molar-refractivity contribution in [3.63, 3.8) is 0 Å². The number of morpholine rings is 1. The van der Waals surface area contributed by atoms with Crippen molar-refractivity contribution in [3.05, 3.63) is 18.6 Å². The van der Waals surface area contributed by atoms with Crippen LogP contribution in [0.15, 0.2) is 18.6 Å². The van der Waals surface area contributed by atoms with E-state index in [0.29, 0.717) is 6.04 Å². The molecule has 0 aromatic carbocycles. The Hall–Kier alpha value is -1.66. The van der Waals surface area contributed by atoms with Crippen LogP contribution in [0.4, 0.5) is 5.82 Å². The summed E-state index contributed by atoms with van der Waals surface area (Å²) in [5.41, 5.74) is 2.09. The summed E-state index contributed by atoms with van der Waals surface area (Å²) in [6, 6.07) is 2.31. The minimum absolute atomic E-state index is 0.309. The molecule has 0 spiro atoms. The van der Waals surface area contributed by atoms with E-state index < -0.39 is 0 Å². The highest BCUT2D eigenvalue weighted by molar-refractivity contribution is 5.86. The second kappa shape index (κ2) is 5.76. The quantitative estimate of drug-likeness (QED) is 0.894. The van der Waals surface area contributed by atoms with Gasteiger partial charge in [-0.2, -0.15) is 0 Å². The Labute approximate surface area is 118 Å². The summed E-state index contributed by atoms with van der Waals surface area (Å²) in [4.78, 5) is 11.4. The first kappa shape index (κ1) is 13.3. The zero-order valence-corrected chi connectivity index (χ0v) is 12.0. The fourth-order valence-corrected chi connectivity index (χ4v) is 2.67. The molecular weight excluding hydrogens is 254 g/mol. The van der Waals surface area contributed by atoms with E-state index in [0.717, 1.165) is 49.7 Å². The summed E-state index contributed by atoms with van der Waals surface area (Å²) < 4.78 is 7.64. The SMILES string of the molecule is CCNCC1COCCN1c1nccc2c1ncn2C. The van der Waals surface area contributed by atoms with Crippen molar-refractivity contribution in [2.24, 2.45) is 7.05 Å². The van der Waals surface area contributed by atoms with Crippen LogP contribution in [-0.4, -0.2) is 53.4 Å². The molecule has 1 N–H and O–H groups in total. The number of aromatic nitrogens is 3. The highest BCUT2D eigenvalue weighted by atomic mass is 16.5. The van der Waals surface area contributed by atoms with Crippen molar-refractivity contribution in [3.8, 4) is 0 Å². The van der Waals surface area contributed by atoms with Gasteiger partial charge >= 0.3 is 0 Å². The van der Waals surface area contributed by atoms with Gasteiger partial charge < -0.3 is 19.5 Å². The van der Waals surface area contributed by atoms with E-state index in [9.17, 15) is 0 Å². The summed E-state index contributed by atoms with van der Waals surface area (Å²) in [7, 11) is 2.01. The first-order valence-corrected chi connectivity index (χ1v) is 7.12. The van der Waals surface area contributed by atoms with E-state index in [-0.39, 0.29) is 0 Å². The molecule has 0 saturated carbocycles. The second-order valence-corrected chi connectivity index (χ2v) is 5.09. The molecule has 1 saturated heterocycles. The van der Waals surface area contributed by atoms with Crippen molar-refractivity contribution in [1.29, 1.82) is 0 Å². The van der Waals surface area contributed by atoms with E-state index >= 15 is 0 Å². The number of aryl methyl sites for hydroxylation is 1. The van der Waals surface area contributed by atoms with Crippen LogP contribution in [0.2, 0.25) is 0 Å². The van der Waals surface area contributed by atoms with Crippen LogP contribution in [0.1, 0.15) is 6.92 Å². The van der Waals surface area contributed by atoms with Gasteiger partial charge in [-0.3, -0.25) is 0 Å². The number of likely N-dealkylation sites (N-methyl/N-ethyl adjacent to an activating group) is 1. The molecule has 0 amide bonds. The molecule has 6 heteroatoms.